The van der Waals surface area contributed by atoms with E-state index in [0.29, 0.717) is 18.7 Å². The molecule has 2 aromatic rings. The molecule has 0 aliphatic rings. The number of primary amides is 1. The molecule has 1 heterocycles. The van der Waals surface area contributed by atoms with E-state index in [0.717, 1.165) is 11.3 Å². The van der Waals surface area contributed by atoms with Gasteiger partial charge in [-0.1, -0.05) is 12.1 Å². The van der Waals surface area contributed by atoms with E-state index >= 15 is 0 Å². The molecule has 1 amide bonds. The van der Waals surface area contributed by atoms with Crippen molar-refractivity contribution in [2.75, 3.05) is 0 Å². The quantitative estimate of drug-likeness (QED) is 0.815. The number of nitrogens with one attached hydrogen (secondary N) is 1. The summed E-state index contributed by atoms with van der Waals surface area (Å²) in [4.78, 5) is 18.9. The monoisotopic (exact) mass is 242 g/mol. The molecule has 5 nitrogen and oxygen atoms in total. The molecule has 1 aromatic heterocycles. The SMILES string of the molecule is NC(=O)c1ccc(CNCc2ccncn2)cc1. The molecule has 3 N–H and O–H groups in total. The third-order valence-electron chi connectivity index (χ3n) is 2.52. The van der Waals surface area contributed by atoms with E-state index in [4.69, 9.17) is 5.73 Å². The number of hydrogen-bond acceptors (Lipinski definition) is 4. The molecule has 0 spiro atoms. The Hall–Kier alpha value is -2.27. The summed E-state index contributed by atoms with van der Waals surface area (Å²) in [6, 6.07) is 9.08. The second-order valence-electron chi connectivity index (χ2n) is 3.87. The Bertz CT molecular complexity index is 510. The van der Waals surface area contributed by atoms with Crippen molar-refractivity contribution < 1.29 is 4.79 Å². The number of benzene rings is 1. The molecular formula is C13H14N4O. The average molecular weight is 242 g/mol. The Balaban J connectivity index is 1.85. The number of carbonyl (C=O) groups is 1. The van der Waals surface area contributed by atoms with Crippen LogP contribution in [0.1, 0.15) is 21.6 Å². The van der Waals surface area contributed by atoms with Crippen LogP contribution in [-0.4, -0.2) is 15.9 Å². The molecule has 0 aliphatic heterocycles. The van der Waals surface area contributed by atoms with Gasteiger partial charge in [-0.2, -0.15) is 0 Å². The number of aromatic nitrogens is 2. The molecular weight excluding hydrogens is 228 g/mol. The zero-order valence-electron chi connectivity index (χ0n) is 9.84. The lowest BCUT2D eigenvalue weighted by Gasteiger charge is -2.04. The second kappa shape index (κ2) is 5.88. The average Bonchev–Trinajstić information content (AvgIpc) is 2.40. The van der Waals surface area contributed by atoms with E-state index in [1.165, 1.54) is 6.33 Å². The van der Waals surface area contributed by atoms with Gasteiger partial charge in [-0.25, -0.2) is 9.97 Å². The first kappa shape index (κ1) is 12.2. The first-order chi connectivity index (χ1) is 8.75. The van der Waals surface area contributed by atoms with Gasteiger partial charge < -0.3 is 11.1 Å². The lowest BCUT2D eigenvalue weighted by molar-refractivity contribution is 0.100. The summed E-state index contributed by atoms with van der Waals surface area (Å²) in [5.74, 6) is -0.407. The van der Waals surface area contributed by atoms with Crippen molar-refractivity contribution in [3.63, 3.8) is 0 Å². The van der Waals surface area contributed by atoms with Crippen LogP contribution in [0, 0.1) is 0 Å². The van der Waals surface area contributed by atoms with Crippen LogP contribution in [0.2, 0.25) is 0 Å². The zero-order valence-corrected chi connectivity index (χ0v) is 9.84. The number of hydrogen-bond donors (Lipinski definition) is 2. The van der Waals surface area contributed by atoms with Crippen LogP contribution in [0.3, 0.4) is 0 Å². The maximum absolute atomic E-state index is 10.9. The van der Waals surface area contributed by atoms with Crippen molar-refractivity contribution in [2.45, 2.75) is 13.1 Å². The molecule has 92 valence electrons. The highest BCUT2D eigenvalue weighted by Crippen LogP contribution is 2.03. The van der Waals surface area contributed by atoms with Crippen molar-refractivity contribution in [3.8, 4) is 0 Å². The molecule has 5 heteroatoms. The third kappa shape index (κ3) is 3.36. The van der Waals surface area contributed by atoms with Crippen molar-refractivity contribution in [2.24, 2.45) is 5.73 Å². The van der Waals surface area contributed by atoms with Gasteiger partial charge in [0.2, 0.25) is 5.91 Å². The van der Waals surface area contributed by atoms with E-state index < -0.39 is 5.91 Å². The van der Waals surface area contributed by atoms with Crippen molar-refractivity contribution in [1.82, 2.24) is 15.3 Å². The summed E-state index contributed by atoms with van der Waals surface area (Å²) in [5, 5.41) is 3.26. The van der Waals surface area contributed by atoms with Crippen molar-refractivity contribution in [1.29, 1.82) is 0 Å². The second-order valence-corrected chi connectivity index (χ2v) is 3.87. The zero-order chi connectivity index (χ0) is 12.8. The molecule has 0 saturated heterocycles. The molecule has 1 aromatic carbocycles. The standard InChI is InChI=1S/C13H14N4O/c14-13(18)11-3-1-10(2-4-11)7-16-8-12-5-6-15-9-17-12/h1-6,9,16H,7-8H2,(H2,14,18). The van der Waals surface area contributed by atoms with Crippen molar-refractivity contribution >= 4 is 5.91 Å². The third-order valence-corrected chi connectivity index (χ3v) is 2.52. The fraction of sp³-hybridized carbons (Fsp3) is 0.154. The predicted molar refractivity (Wildman–Crippen MR) is 67.5 cm³/mol. The molecule has 0 atom stereocenters. The molecule has 0 saturated carbocycles. The number of rotatable bonds is 5. The maximum Gasteiger partial charge on any atom is 0.248 e. The predicted octanol–water partition coefficient (Wildman–Crippen LogP) is 0.865. The Kier molecular flexibility index (Phi) is 3.98. The minimum atomic E-state index is -0.407. The number of nitrogens with zero attached hydrogens (tertiary/aromatic N) is 2. The van der Waals surface area contributed by atoms with E-state index in [1.807, 2.05) is 18.2 Å². The fourth-order valence-electron chi connectivity index (χ4n) is 1.54. The summed E-state index contributed by atoms with van der Waals surface area (Å²) >= 11 is 0. The van der Waals surface area contributed by atoms with Crippen LogP contribution in [0.15, 0.2) is 42.9 Å². The highest BCUT2D eigenvalue weighted by molar-refractivity contribution is 5.92. The first-order valence-corrected chi connectivity index (χ1v) is 5.60. The van der Waals surface area contributed by atoms with Gasteiger partial charge in [0.05, 0.1) is 5.69 Å². The fourth-order valence-corrected chi connectivity index (χ4v) is 1.54. The van der Waals surface area contributed by atoms with Gasteiger partial charge in [-0.05, 0) is 23.8 Å². The van der Waals surface area contributed by atoms with E-state index in [1.54, 1.807) is 18.3 Å². The van der Waals surface area contributed by atoms with Gasteiger partial charge in [0, 0.05) is 24.8 Å². The molecule has 0 fully saturated rings. The van der Waals surface area contributed by atoms with E-state index in [2.05, 4.69) is 15.3 Å². The summed E-state index contributed by atoms with van der Waals surface area (Å²) in [6.45, 7) is 1.39. The van der Waals surface area contributed by atoms with Crippen LogP contribution >= 0.6 is 0 Å². The largest absolute Gasteiger partial charge is 0.366 e. The highest BCUT2D eigenvalue weighted by Gasteiger charge is 1.99. The van der Waals surface area contributed by atoms with Gasteiger partial charge in [0.1, 0.15) is 6.33 Å². The normalized spacial score (nSPS) is 10.2. The summed E-state index contributed by atoms with van der Waals surface area (Å²) < 4.78 is 0. The van der Waals surface area contributed by atoms with Crippen LogP contribution in [0.5, 0.6) is 0 Å². The molecule has 0 aliphatic carbocycles. The first-order valence-electron chi connectivity index (χ1n) is 5.60. The molecule has 0 radical (unpaired) electrons. The Morgan fingerprint density at radius 3 is 2.56 bits per heavy atom. The van der Waals surface area contributed by atoms with Crippen LogP contribution in [-0.2, 0) is 13.1 Å². The van der Waals surface area contributed by atoms with Gasteiger partial charge in [0.15, 0.2) is 0 Å². The van der Waals surface area contributed by atoms with E-state index in [9.17, 15) is 4.79 Å². The van der Waals surface area contributed by atoms with Gasteiger partial charge in [-0.15, -0.1) is 0 Å². The Labute approximate surface area is 105 Å². The molecule has 18 heavy (non-hydrogen) atoms. The van der Waals surface area contributed by atoms with Gasteiger partial charge >= 0.3 is 0 Å². The Morgan fingerprint density at radius 1 is 1.17 bits per heavy atom. The summed E-state index contributed by atoms with van der Waals surface area (Å²) in [7, 11) is 0. The number of nitrogens with two attached hydrogens (primary N) is 1. The summed E-state index contributed by atoms with van der Waals surface area (Å²) in [6.07, 6.45) is 3.24. The number of amides is 1. The minimum absolute atomic E-state index is 0.407. The maximum atomic E-state index is 10.9. The smallest absolute Gasteiger partial charge is 0.248 e. The lowest BCUT2D eigenvalue weighted by atomic mass is 10.1. The topological polar surface area (TPSA) is 80.9 Å². The van der Waals surface area contributed by atoms with Crippen LogP contribution in [0.25, 0.3) is 0 Å². The molecule has 2 rings (SSSR count). The van der Waals surface area contributed by atoms with Gasteiger partial charge in [0.25, 0.3) is 0 Å². The molecule has 0 unspecified atom stereocenters. The van der Waals surface area contributed by atoms with Crippen LogP contribution in [0.4, 0.5) is 0 Å². The number of carbonyl (C=O) groups excluding carboxylic acids is 1. The lowest BCUT2D eigenvalue weighted by Crippen LogP contribution is -2.14. The van der Waals surface area contributed by atoms with Crippen LogP contribution < -0.4 is 11.1 Å². The highest BCUT2D eigenvalue weighted by atomic mass is 16.1. The minimum Gasteiger partial charge on any atom is -0.366 e. The Morgan fingerprint density at radius 2 is 1.94 bits per heavy atom. The van der Waals surface area contributed by atoms with E-state index in [-0.39, 0.29) is 0 Å². The summed E-state index contributed by atoms with van der Waals surface area (Å²) in [5.41, 5.74) is 7.73. The van der Waals surface area contributed by atoms with Crippen molar-refractivity contribution in [3.05, 3.63) is 59.7 Å². The molecule has 0 bridgehead atoms. The van der Waals surface area contributed by atoms with Gasteiger partial charge in [-0.3, -0.25) is 4.79 Å².